The van der Waals surface area contributed by atoms with Gasteiger partial charge >= 0.3 is 0 Å². The molecule has 0 unspecified atom stereocenters. The average molecular weight is 449 g/mol. The Bertz CT molecular complexity index is 1510. The molecule has 0 spiro atoms. The van der Waals surface area contributed by atoms with E-state index in [1.807, 2.05) is 30.3 Å². The number of hydrogen-bond donors (Lipinski definition) is 1. The van der Waals surface area contributed by atoms with E-state index >= 15 is 0 Å². The molecule has 0 aliphatic carbocycles. The van der Waals surface area contributed by atoms with Crippen LogP contribution in [0.2, 0.25) is 0 Å². The van der Waals surface area contributed by atoms with Crippen LogP contribution in [0.4, 0.5) is 0 Å². The number of aromatic nitrogens is 5. The van der Waals surface area contributed by atoms with Crippen LogP contribution in [0.25, 0.3) is 22.6 Å². The molecule has 1 aliphatic heterocycles. The molecule has 0 saturated heterocycles. The first kappa shape index (κ1) is 20.5. The number of rotatable bonds is 5. The number of benzene rings is 2. The molecule has 1 aliphatic rings. The minimum absolute atomic E-state index is 0.0679. The van der Waals surface area contributed by atoms with E-state index in [-0.39, 0.29) is 5.56 Å². The van der Waals surface area contributed by atoms with Crippen LogP contribution in [0.3, 0.4) is 0 Å². The van der Waals surface area contributed by atoms with Crippen molar-refractivity contribution in [2.24, 2.45) is 0 Å². The molecule has 0 radical (unpaired) electrons. The number of nitrogens with one attached hydrogen (secondary N) is 1. The molecule has 0 bridgehead atoms. The number of nitrogens with zero attached hydrogens (tertiary/aromatic N) is 5. The van der Waals surface area contributed by atoms with Crippen LogP contribution >= 0.6 is 0 Å². The average Bonchev–Trinajstić information content (AvgIpc) is 3.21. The highest BCUT2D eigenvalue weighted by molar-refractivity contribution is 5.76. The van der Waals surface area contributed by atoms with Crippen LogP contribution < -0.4 is 5.56 Å². The largest absolute Gasteiger partial charge is 0.322 e. The minimum Gasteiger partial charge on any atom is -0.322 e. The summed E-state index contributed by atoms with van der Waals surface area (Å²) in [7, 11) is 0. The zero-order valence-electron chi connectivity index (χ0n) is 18.7. The molecular formula is C27H24N6O. The molecule has 34 heavy (non-hydrogen) atoms. The molecule has 7 heteroatoms. The summed E-state index contributed by atoms with van der Waals surface area (Å²) < 4.78 is 2.30. The van der Waals surface area contributed by atoms with Crippen LogP contribution in [-0.2, 0) is 26.1 Å². The van der Waals surface area contributed by atoms with Gasteiger partial charge in [-0.25, -0.2) is 9.97 Å². The Kier molecular flexibility index (Phi) is 5.24. The lowest BCUT2D eigenvalue weighted by atomic mass is 10.1. The Labute approximate surface area is 196 Å². The van der Waals surface area contributed by atoms with Crippen molar-refractivity contribution in [2.75, 3.05) is 6.54 Å². The van der Waals surface area contributed by atoms with E-state index in [9.17, 15) is 4.79 Å². The van der Waals surface area contributed by atoms with E-state index in [0.717, 1.165) is 41.2 Å². The summed E-state index contributed by atoms with van der Waals surface area (Å²) in [6.45, 7) is 2.85. The van der Waals surface area contributed by atoms with Gasteiger partial charge in [-0.05, 0) is 36.2 Å². The predicted molar refractivity (Wildman–Crippen MR) is 131 cm³/mol. The van der Waals surface area contributed by atoms with Crippen LogP contribution in [0.15, 0.2) is 83.8 Å². The highest BCUT2D eigenvalue weighted by atomic mass is 16.1. The topological polar surface area (TPSA) is 79.7 Å². The van der Waals surface area contributed by atoms with E-state index in [1.165, 1.54) is 5.56 Å². The fourth-order valence-corrected chi connectivity index (χ4v) is 4.64. The first-order valence-corrected chi connectivity index (χ1v) is 11.5. The molecule has 4 heterocycles. The molecule has 0 saturated carbocycles. The molecule has 1 N–H and O–H groups in total. The van der Waals surface area contributed by atoms with Crippen molar-refractivity contribution in [1.82, 2.24) is 29.4 Å². The van der Waals surface area contributed by atoms with Gasteiger partial charge in [0.15, 0.2) is 5.82 Å². The molecule has 2 aromatic carbocycles. The molecule has 0 fully saturated rings. The van der Waals surface area contributed by atoms with Crippen molar-refractivity contribution in [2.45, 2.75) is 26.1 Å². The second-order valence-corrected chi connectivity index (χ2v) is 8.60. The normalized spacial score (nSPS) is 13.8. The molecule has 0 amide bonds. The number of hydrogen-bond acceptors (Lipinski definition) is 5. The number of aromatic amines is 1. The number of para-hydroxylation sites is 2. The second-order valence-electron chi connectivity index (χ2n) is 8.60. The lowest BCUT2D eigenvalue weighted by Crippen LogP contribution is -2.35. The van der Waals surface area contributed by atoms with Gasteiger partial charge in [-0.1, -0.05) is 48.5 Å². The van der Waals surface area contributed by atoms with Crippen LogP contribution in [-0.4, -0.2) is 35.9 Å². The van der Waals surface area contributed by atoms with Gasteiger partial charge in [0.25, 0.3) is 5.56 Å². The Morgan fingerprint density at radius 3 is 2.56 bits per heavy atom. The van der Waals surface area contributed by atoms with E-state index in [4.69, 9.17) is 9.97 Å². The van der Waals surface area contributed by atoms with Crippen LogP contribution in [0, 0.1) is 0 Å². The summed E-state index contributed by atoms with van der Waals surface area (Å²) in [4.78, 5) is 32.1. The van der Waals surface area contributed by atoms with Gasteiger partial charge in [0.2, 0.25) is 0 Å². The van der Waals surface area contributed by atoms with Crippen molar-refractivity contribution in [1.29, 1.82) is 0 Å². The Hall–Kier alpha value is -4.10. The third kappa shape index (κ3) is 3.91. The Morgan fingerprint density at radius 1 is 0.882 bits per heavy atom. The maximum atomic E-state index is 12.7. The van der Waals surface area contributed by atoms with Crippen LogP contribution in [0.5, 0.6) is 0 Å². The van der Waals surface area contributed by atoms with Gasteiger partial charge in [-0.3, -0.25) is 14.7 Å². The summed E-state index contributed by atoms with van der Waals surface area (Å²) >= 11 is 0. The quantitative estimate of drug-likeness (QED) is 0.443. The molecule has 168 valence electrons. The lowest BCUT2D eigenvalue weighted by molar-refractivity contribution is 0.232. The van der Waals surface area contributed by atoms with Crippen molar-refractivity contribution >= 4 is 11.0 Å². The lowest BCUT2D eigenvalue weighted by Gasteiger charge is -2.27. The Balaban J connectivity index is 1.32. The van der Waals surface area contributed by atoms with Gasteiger partial charge in [-0.15, -0.1) is 0 Å². The van der Waals surface area contributed by atoms with E-state index in [1.54, 1.807) is 6.20 Å². The number of imidazole rings is 1. The standard InChI is InChI=1S/C27H24N6O/c34-27-20-13-15-32(17-23(20)30-26(31-27)22-11-6-7-14-28-22)18-25-29-21-10-4-5-12-24(21)33(25)16-19-8-2-1-3-9-19/h1-12,14H,13,15-18H2,(H,30,31,34). The molecule has 0 atom stereocenters. The van der Waals surface area contributed by atoms with E-state index < -0.39 is 0 Å². The highest BCUT2D eigenvalue weighted by Gasteiger charge is 2.23. The van der Waals surface area contributed by atoms with Gasteiger partial charge in [0.1, 0.15) is 11.5 Å². The smallest absolute Gasteiger partial charge is 0.254 e. The fourth-order valence-electron chi connectivity index (χ4n) is 4.64. The third-order valence-electron chi connectivity index (χ3n) is 6.34. The number of fused-ring (bicyclic) bond motifs is 2. The summed E-state index contributed by atoms with van der Waals surface area (Å²) in [5.74, 6) is 1.53. The number of pyridine rings is 1. The first-order valence-electron chi connectivity index (χ1n) is 11.5. The van der Waals surface area contributed by atoms with Crippen molar-refractivity contribution in [3.63, 3.8) is 0 Å². The first-order chi connectivity index (χ1) is 16.7. The SMILES string of the molecule is O=c1[nH]c(-c2ccccn2)nc2c1CCN(Cc1nc3ccccc3n1Cc1ccccc1)C2. The molecule has 5 aromatic rings. The summed E-state index contributed by atoms with van der Waals surface area (Å²) in [5, 5.41) is 0. The molecule has 3 aromatic heterocycles. The van der Waals surface area contributed by atoms with Crippen molar-refractivity contribution in [3.05, 3.63) is 112 Å². The van der Waals surface area contributed by atoms with Gasteiger partial charge in [-0.2, -0.15) is 0 Å². The zero-order valence-corrected chi connectivity index (χ0v) is 18.7. The molecule has 7 nitrogen and oxygen atoms in total. The monoisotopic (exact) mass is 448 g/mol. The van der Waals surface area contributed by atoms with Crippen LogP contribution in [0.1, 0.15) is 22.6 Å². The Morgan fingerprint density at radius 2 is 1.71 bits per heavy atom. The minimum atomic E-state index is -0.0679. The summed E-state index contributed by atoms with van der Waals surface area (Å²) in [6.07, 6.45) is 2.37. The number of H-pyrrole nitrogens is 1. The van der Waals surface area contributed by atoms with E-state index in [2.05, 4.69) is 61.9 Å². The maximum Gasteiger partial charge on any atom is 0.254 e. The fraction of sp³-hybridized carbons (Fsp3) is 0.185. The van der Waals surface area contributed by atoms with Gasteiger partial charge in [0.05, 0.1) is 23.3 Å². The molecule has 6 rings (SSSR count). The highest BCUT2D eigenvalue weighted by Crippen LogP contribution is 2.22. The second kappa shape index (κ2) is 8.68. The maximum absolute atomic E-state index is 12.7. The van der Waals surface area contributed by atoms with Gasteiger partial charge in [0, 0.05) is 31.4 Å². The third-order valence-corrected chi connectivity index (χ3v) is 6.34. The van der Waals surface area contributed by atoms with E-state index in [0.29, 0.717) is 31.0 Å². The van der Waals surface area contributed by atoms with Gasteiger partial charge < -0.3 is 9.55 Å². The summed E-state index contributed by atoms with van der Waals surface area (Å²) in [5.41, 5.74) is 5.56. The zero-order chi connectivity index (χ0) is 22.9. The van der Waals surface area contributed by atoms with Crippen molar-refractivity contribution in [3.8, 4) is 11.5 Å². The van der Waals surface area contributed by atoms with Crippen molar-refractivity contribution < 1.29 is 0 Å². The predicted octanol–water partition coefficient (Wildman–Crippen LogP) is 3.79. The molecular weight excluding hydrogens is 424 g/mol. The summed E-state index contributed by atoms with van der Waals surface area (Å²) in [6, 6.07) is 24.3.